The zero-order valence-corrected chi connectivity index (χ0v) is 12.0. The largest absolute Gasteiger partial charge is 0.480 e. The minimum atomic E-state index is -0.897. The van der Waals surface area contributed by atoms with E-state index in [-0.39, 0.29) is 19.7 Å². The first-order valence-electron chi connectivity index (χ1n) is 6.29. The Morgan fingerprint density at radius 1 is 1.26 bits per heavy atom. The fourth-order valence-electron chi connectivity index (χ4n) is 1.48. The van der Waals surface area contributed by atoms with Crippen LogP contribution in [0.15, 0.2) is 0 Å². The zero-order chi connectivity index (χ0) is 14.7. The van der Waals surface area contributed by atoms with Crippen molar-refractivity contribution in [3.05, 3.63) is 0 Å². The second-order valence-corrected chi connectivity index (χ2v) is 4.65. The van der Waals surface area contributed by atoms with Crippen LogP contribution in [0.3, 0.4) is 0 Å². The number of hydrogen-bond acceptors (Lipinski definition) is 6. The van der Waals surface area contributed by atoms with Gasteiger partial charge in [0.1, 0.15) is 0 Å². The molecule has 0 saturated heterocycles. The lowest BCUT2D eigenvalue weighted by Crippen LogP contribution is -2.41. The quantitative estimate of drug-likeness (QED) is 0.441. The molecule has 0 fully saturated rings. The van der Waals surface area contributed by atoms with Gasteiger partial charge >= 0.3 is 5.97 Å². The van der Waals surface area contributed by atoms with Crippen molar-refractivity contribution in [3.8, 4) is 0 Å². The molecule has 7 nitrogen and oxygen atoms in total. The van der Waals surface area contributed by atoms with Crippen molar-refractivity contribution in [1.29, 1.82) is 0 Å². The van der Waals surface area contributed by atoms with E-state index in [1.807, 2.05) is 19.0 Å². The lowest BCUT2D eigenvalue weighted by Gasteiger charge is -2.24. The van der Waals surface area contributed by atoms with Crippen molar-refractivity contribution < 1.29 is 24.5 Å². The lowest BCUT2D eigenvalue weighted by molar-refractivity contribution is -0.138. The van der Waals surface area contributed by atoms with Gasteiger partial charge in [0.15, 0.2) is 0 Å². The smallest absolute Gasteiger partial charge is 0.317 e. The fourth-order valence-corrected chi connectivity index (χ4v) is 1.48. The second kappa shape index (κ2) is 11.1. The van der Waals surface area contributed by atoms with Gasteiger partial charge in [-0.25, -0.2) is 0 Å². The van der Waals surface area contributed by atoms with Gasteiger partial charge in [-0.15, -0.1) is 0 Å². The highest BCUT2D eigenvalue weighted by molar-refractivity contribution is 5.69. The number of hydrogen-bond donors (Lipinski definition) is 2. The van der Waals surface area contributed by atoms with E-state index in [9.17, 15) is 9.90 Å². The van der Waals surface area contributed by atoms with Crippen molar-refractivity contribution in [2.24, 2.45) is 0 Å². The van der Waals surface area contributed by atoms with Gasteiger partial charge in [-0.05, 0) is 14.1 Å². The summed E-state index contributed by atoms with van der Waals surface area (Å²) in [4.78, 5) is 14.4. The number of aliphatic carboxylic acids is 1. The van der Waals surface area contributed by atoms with Gasteiger partial charge in [-0.3, -0.25) is 9.69 Å². The van der Waals surface area contributed by atoms with E-state index in [2.05, 4.69) is 0 Å². The molecule has 0 aromatic carbocycles. The molecule has 7 heteroatoms. The number of rotatable bonds is 12. The number of carbonyl (C=O) groups is 1. The summed E-state index contributed by atoms with van der Waals surface area (Å²) in [5.74, 6) is -0.897. The number of nitrogens with zero attached hydrogens (tertiary/aromatic N) is 2. The normalized spacial score (nSPS) is 13.2. The molecule has 19 heavy (non-hydrogen) atoms. The Morgan fingerprint density at radius 2 is 1.95 bits per heavy atom. The van der Waals surface area contributed by atoms with Crippen LogP contribution in [0, 0.1) is 0 Å². The van der Waals surface area contributed by atoms with Crippen molar-refractivity contribution in [2.75, 3.05) is 67.2 Å². The van der Waals surface area contributed by atoms with Gasteiger partial charge in [-0.2, -0.15) is 0 Å². The number of carboxylic acids is 1. The Bertz CT molecular complexity index is 238. The summed E-state index contributed by atoms with van der Waals surface area (Å²) in [6.45, 7) is 2.62. The standard InChI is InChI=1S/C12H26N2O5/c1-13(2)4-5-14(9-12(16)17)8-11(15)10-19-7-6-18-3/h11,15H,4-10H2,1-3H3,(H,16,17). The molecular weight excluding hydrogens is 252 g/mol. The Morgan fingerprint density at radius 3 is 2.47 bits per heavy atom. The SMILES string of the molecule is COCCOCC(O)CN(CCN(C)C)CC(=O)O. The third kappa shape index (κ3) is 12.1. The maximum atomic E-state index is 10.8. The molecule has 0 aliphatic rings. The Kier molecular flexibility index (Phi) is 10.7. The Balaban J connectivity index is 3.96. The van der Waals surface area contributed by atoms with Crippen LogP contribution < -0.4 is 0 Å². The summed E-state index contributed by atoms with van der Waals surface area (Å²) < 4.78 is 10.0. The molecule has 0 aromatic rings. The van der Waals surface area contributed by atoms with Crippen molar-refractivity contribution in [1.82, 2.24) is 9.80 Å². The van der Waals surface area contributed by atoms with Crippen molar-refractivity contribution in [3.63, 3.8) is 0 Å². The molecule has 0 aliphatic carbocycles. The summed E-state index contributed by atoms with van der Waals surface area (Å²) in [6.07, 6.45) is -0.696. The molecule has 0 heterocycles. The fraction of sp³-hybridized carbons (Fsp3) is 0.917. The molecule has 114 valence electrons. The second-order valence-electron chi connectivity index (χ2n) is 4.65. The van der Waals surface area contributed by atoms with E-state index in [1.165, 1.54) is 0 Å². The predicted molar refractivity (Wildman–Crippen MR) is 71.3 cm³/mol. The van der Waals surface area contributed by atoms with Crippen LogP contribution in [0.2, 0.25) is 0 Å². The van der Waals surface area contributed by atoms with Crippen LogP contribution in [-0.4, -0.2) is 99.3 Å². The molecule has 0 amide bonds. The van der Waals surface area contributed by atoms with Crippen LogP contribution in [0.5, 0.6) is 0 Å². The van der Waals surface area contributed by atoms with E-state index in [0.29, 0.717) is 19.8 Å². The molecule has 0 saturated carbocycles. The first-order chi connectivity index (χ1) is 8.95. The van der Waals surface area contributed by atoms with E-state index < -0.39 is 12.1 Å². The van der Waals surface area contributed by atoms with Gasteiger partial charge in [0, 0.05) is 26.7 Å². The average Bonchev–Trinajstić information content (AvgIpc) is 2.31. The van der Waals surface area contributed by atoms with Gasteiger partial charge in [-0.1, -0.05) is 0 Å². The van der Waals surface area contributed by atoms with E-state index in [0.717, 1.165) is 6.54 Å². The molecule has 0 bridgehead atoms. The minimum absolute atomic E-state index is 0.0804. The Hall–Kier alpha value is -0.730. The molecule has 2 N–H and O–H groups in total. The number of methoxy groups -OCH3 is 1. The average molecular weight is 278 g/mol. The molecule has 0 aromatic heterocycles. The van der Waals surface area contributed by atoms with E-state index in [4.69, 9.17) is 14.6 Å². The summed E-state index contributed by atoms with van der Waals surface area (Å²) in [7, 11) is 5.42. The number of likely N-dealkylation sites (N-methyl/N-ethyl adjacent to an activating group) is 1. The summed E-state index contributed by atoms with van der Waals surface area (Å²) in [5, 5.41) is 18.6. The molecule has 0 rings (SSSR count). The van der Waals surface area contributed by atoms with Crippen molar-refractivity contribution in [2.45, 2.75) is 6.10 Å². The number of carboxylic acid groups (broad SMARTS) is 1. The minimum Gasteiger partial charge on any atom is -0.480 e. The third-order valence-corrected chi connectivity index (χ3v) is 2.43. The van der Waals surface area contributed by atoms with Crippen LogP contribution in [0.25, 0.3) is 0 Å². The number of ether oxygens (including phenoxy) is 2. The van der Waals surface area contributed by atoms with E-state index >= 15 is 0 Å². The maximum absolute atomic E-state index is 10.8. The summed E-state index contributed by atoms with van der Waals surface area (Å²) in [6, 6.07) is 0. The monoisotopic (exact) mass is 278 g/mol. The van der Waals surface area contributed by atoms with Crippen LogP contribution >= 0.6 is 0 Å². The van der Waals surface area contributed by atoms with Crippen LogP contribution in [0.4, 0.5) is 0 Å². The van der Waals surface area contributed by atoms with Gasteiger partial charge in [0.2, 0.25) is 0 Å². The summed E-state index contributed by atoms with van der Waals surface area (Å²) >= 11 is 0. The van der Waals surface area contributed by atoms with Gasteiger partial charge in [0.25, 0.3) is 0 Å². The van der Waals surface area contributed by atoms with Gasteiger partial charge in [0.05, 0.1) is 32.5 Å². The topological polar surface area (TPSA) is 82.5 Å². The molecule has 0 radical (unpaired) electrons. The highest BCUT2D eigenvalue weighted by Gasteiger charge is 2.15. The lowest BCUT2D eigenvalue weighted by atomic mass is 10.3. The molecule has 1 unspecified atom stereocenters. The summed E-state index contributed by atoms with van der Waals surface area (Å²) in [5.41, 5.74) is 0. The molecule has 0 aliphatic heterocycles. The molecule has 1 atom stereocenters. The molecule has 0 spiro atoms. The van der Waals surface area contributed by atoms with Gasteiger partial charge < -0.3 is 24.6 Å². The highest BCUT2D eigenvalue weighted by Crippen LogP contribution is 1.95. The number of aliphatic hydroxyl groups is 1. The zero-order valence-electron chi connectivity index (χ0n) is 12.0. The van der Waals surface area contributed by atoms with Crippen molar-refractivity contribution >= 4 is 5.97 Å². The molecular formula is C12H26N2O5. The highest BCUT2D eigenvalue weighted by atomic mass is 16.5. The van der Waals surface area contributed by atoms with E-state index in [1.54, 1.807) is 12.0 Å². The first-order valence-corrected chi connectivity index (χ1v) is 6.29. The predicted octanol–water partition coefficient (Wildman–Crippen LogP) is -1.04. The van der Waals surface area contributed by atoms with Crippen LogP contribution in [0.1, 0.15) is 0 Å². The van der Waals surface area contributed by atoms with Crippen LogP contribution in [-0.2, 0) is 14.3 Å². The third-order valence-electron chi connectivity index (χ3n) is 2.43. The first kappa shape index (κ1) is 18.3. The maximum Gasteiger partial charge on any atom is 0.317 e. The number of aliphatic hydroxyl groups excluding tert-OH is 1. The Labute approximate surface area is 114 Å².